The van der Waals surface area contributed by atoms with Gasteiger partial charge in [-0.05, 0) is 6.92 Å². The fraction of sp³-hybridized carbons (Fsp3) is 0.600. The zero-order valence-corrected chi connectivity index (χ0v) is 9.29. The topological polar surface area (TPSA) is 105 Å². The number of hydrogen-bond acceptors (Lipinski definition) is 5. The Morgan fingerprint density at radius 3 is 2.88 bits per heavy atom. The van der Waals surface area contributed by atoms with Crippen LogP contribution in [0.1, 0.15) is 18.2 Å². The first kappa shape index (κ1) is 12.0. The second-order valence-electron chi connectivity index (χ2n) is 4.09. The normalized spacial score (nSPS) is 28.5. The van der Waals surface area contributed by atoms with E-state index in [0.717, 1.165) is 0 Å². The van der Waals surface area contributed by atoms with Crippen LogP contribution in [0.25, 0.3) is 0 Å². The quantitative estimate of drug-likeness (QED) is 0.547. The van der Waals surface area contributed by atoms with Crippen molar-refractivity contribution in [2.45, 2.75) is 31.8 Å². The Bertz CT molecular complexity index is 520. The summed E-state index contributed by atoms with van der Waals surface area (Å²) in [5.74, 6) is 0. The van der Waals surface area contributed by atoms with Crippen molar-refractivity contribution in [1.29, 1.82) is 0 Å². The third-order valence-corrected chi connectivity index (χ3v) is 2.84. The standard InChI is InChI=1S/C10H14N2O5/c1-5-3-12(10(16)11-9(5)15)8-2-6(14)7(4-13)17-8/h3,6-8,13-14H,2,4H2,1H3,(H,11,15,16)/t6?,7-,8-/m0/s1/i1+1. The summed E-state index contributed by atoms with van der Waals surface area (Å²) in [4.78, 5) is 24.9. The first-order valence-electron chi connectivity index (χ1n) is 5.29. The predicted molar refractivity (Wildman–Crippen MR) is 57.7 cm³/mol. The van der Waals surface area contributed by atoms with Crippen molar-refractivity contribution in [3.05, 3.63) is 32.6 Å². The molecule has 0 radical (unpaired) electrons. The minimum absolute atomic E-state index is 0.205. The molecule has 1 aliphatic heterocycles. The lowest BCUT2D eigenvalue weighted by molar-refractivity contribution is -0.0459. The van der Waals surface area contributed by atoms with Gasteiger partial charge in [-0.15, -0.1) is 0 Å². The van der Waals surface area contributed by atoms with Crippen LogP contribution in [-0.2, 0) is 4.74 Å². The van der Waals surface area contributed by atoms with Gasteiger partial charge in [-0.25, -0.2) is 4.79 Å². The SMILES string of the molecule is [13CH3]c1cn([C@@H]2CC(O)[C@H](CO)O2)c(=O)[nH]c1=O. The van der Waals surface area contributed by atoms with Gasteiger partial charge in [-0.1, -0.05) is 0 Å². The Morgan fingerprint density at radius 2 is 2.29 bits per heavy atom. The van der Waals surface area contributed by atoms with Crippen LogP contribution in [0.2, 0.25) is 0 Å². The highest BCUT2D eigenvalue weighted by atomic mass is 16.5. The Hall–Kier alpha value is -1.44. The number of aromatic nitrogens is 2. The van der Waals surface area contributed by atoms with Gasteiger partial charge < -0.3 is 14.9 Å². The molecular weight excluding hydrogens is 229 g/mol. The average Bonchev–Trinajstić information content (AvgIpc) is 2.65. The molecule has 1 aromatic heterocycles. The molecule has 7 nitrogen and oxygen atoms in total. The largest absolute Gasteiger partial charge is 0.394 e. The third-order valence-electron chi connectivity index (χ3n) is 2.84. The monoisotopic (exact) mass is 243 g/mol. The zero-order chi connectivity index (χ0) is 12.6. The molecule has 0 saturated carbocycles. The Labute approximate surface area is 96.3 Å². The summed E-state index contributed by atoms with van der Waals surface area (Å²) in [6.07, 6.45) is -0.581. The molecule has 0 aromatic carbocycles. The summed E-state index contributed by atoms with van der Waals surface area (Å²) in [6, 6.07) is 0. The van der Waals surface area contributed by atoms with E-state index >= 15 is 0 Å². The highest BCUT2D eigenvalue weighted by Gasteiger charge is 2.34. The van der Waals surface area contributed by atoms with Crippen molar-refractivity contribution >= 4 is 0 Å². The molecule has 94 valence electrons. The van der Waals surface area contributed by atoms with Crippen LogP contribution < -0.4 is 11.2 Å². The fourth-order valence-electron chi connectivity index (χ4n) is 1.85. The van der Waals surface area contributed by atoms with E-state index < -0.39 is 29.7 Å². The summed E-state index contributed by atoms with van der Waals surface area (Å²) in [5.41, 5.74) is -0.643. The molecule has 0 amide bonds. The summed E-state index contributed by atoms with van der Waals surface area (Å²) < 4.78 is 6.54. The number of H-pyrrole nitrogens is 1. The molecule has 0 aliphatic carbocycles. The molecule has 17 heavy (non-hydrogen) atoms. The third kappa shape index (κ3) is 2.17. The summed E-state index contributed by atoms with van der Waals surface area (Å²) >= 11 is 0. The number of ether oxygens (including phenoxy) is 1. The average molecular weight is 243 g/mol. The van der Waals surface area contributed by atoms with Gasteiger partial charge in [0, 0.05) is 18.2 Å². The van der Waals surface area contributed by atoms with Gasteiger partial charge in [-0.2, -0.15) is 0 Å². The number of nitrogens with one attached hydrogen (secondary N) is 1. The Morgan fingerprint density at radius 1 is 1.59 bits per heavy atom. The molecule has 3 atom stereocenters. The first-order chi connectivity index (χ1) is 8.02. The number of aromatic amines is 1. The van der Waals surface area contributed by atoms with Crippen molar-refractivity contribution in [3.63, 3.8) is 0 Å². The lowest BCUT2D eigenvalue weighted by Gasteiger charge is -2.14. The van der Waals surface area contributed by atoms with Gasteiger partial charge in [0.2, 0.25) is 0 Å². The van der Waals surface area contributed by atoms with Gasteiger partial charge in [0.25, 0.3) is 5.56 Å². The minimum atomic E-state index is -0.816. The van der Waals surface area contributed by atoms with E-state index in [-0.39, 0.29) is 13.0 Å². The van der Waals surface area contributed by atoms with E-state index in [1.54, 1.807) is 6.92 Å². The number of aliphatic hydroxyl groups excluding tert-OH is 2. The van der Waals surface area contributed by atoms with Crippen LogP contribution in [0.3, 0.4) is 0 Å². The number of nitrogens with zero attached hydrogens (tertiary/aromatic N) is 1. The molecule has 1 unspecified atom stereocenters. The Kier molecular flexibility index (Phi) is 3.14. The smallest absolute Gasteiger partial charge is 0.330 e. The van der Waals surface area contributed by atoms with E-state index in [9.17, 15) is 14.7 Å². The maximum atomic E-state index is 11.6. The second kappa shape index (κ2) is 4.44. The van der Waals surface area contributed by atoms with Crippen LogP contribution in [0.15, 0.2) is 15.8 Å². The summed E-state index contributed by atoms with van der Waals surface area (Å²) in [5, 5.41) is 18.5. The predicted octanol–water partition coefficient (Wildman–Crippen LogP) is -1.51. The van der Waals surface area contributed by atoms with Gasteiger partial charge in [0.05, 0.1) is 12.7 Å². The number of aliphatic hydroxyl groups is 2. The molecule has 2 heterocycles. The van der Waals surface area contributed by atoms with E-state index in [2.05, 4.69) is 4.98 Å². The van der Waals surface area contributed by atoms with Crippen molar-refractivity contribution in [1.82, 2.24) is 9.55 Å². The number of aryl methyl sites for hydroxylation is 1. The first-order valence-corrected chi connectivity index (χ1v) is 5.29. The molecule has 3 N–H and O–H groups in total. The van der Waals surface area contributed by atoms with Crippen molar-refractivity contribution in [2.24, 2.45) is 0 Å². The number of hydrogen-bond donors (Lipinski definition) is 3. The lowest BCUT2D eigenvalue weighted by Crippen LogP contribution is -2.33. The van der Waals surface area contributed by atoms with Crippen LogP contribution >= 0.6 is 0 Å². The molecule has 1 fully saturated rings. The van der Waals surface area contributed by atoms with Gasteiger partial charge in [-0.3, -0.25) is 14.3 Å². The van der Waals surface area contributed by atoms with Crippen molar-refractivity contribution < 1.29 is 14.9 Å². The van der Waals surface area contributed by atoms with Gasteiger partial charge in [0.1, 0.15) is 12.3 Å². The van der Waals surface area contributed by atoms with Crippen molar-refractivity contribution in [2.75, 3.05) is 6.61 Å². The number of rotatable bonds is 2. The molecule has 1 aromatic rings. The van der Waals surface area contributed by atoms with Crippen LogP contribution in [0.5, 0.6) is 0 Å². The maximum Gasteiger partial charge on any atom is 0.330 e. The molecule has 2 rings (SSSR count). The fourth-order valence-corrected chi connectivity index (χ4v) is 1.85. The van der Waals surface area contributed by atoms with E-state index in [1.165, 1.54) is 10.8 Å². The van der Waals surface area contributed by atoms with Crippen LogP contribution in [0, 0.1) is 6.92 Å². The molecule has 7 heteroatoms. The van der Waals surface area contributed by atoms with Crippen molar-refractivity contribution in [3.8, 4) is 0 Å². The van der Waals surface area contributed by atoms with Gasteiger partial charge in [0.15, 0.2) is 0 Å². The minimum Gasteiger partial charge on any atom is -0.394 e. The summed E-state index contributed by atoms with van der Waals surface area (Å²) in [6.45, 7) is 1.26. The van der Waals surface area contributed by atoms with Crippen LogP contribution in [-0.4, -0.2) is 38.6 Å². The molecule has 1 saturated heterocycles. The second-order valence-corrected chi connectivity index (χ2v) is 4.09. The highest BCUT2D eigenvalue weighted by Crippen LogP contribution is 2.27. The van der Waals surface area contributed by atoms with E-state index in [1.807, 2.05) is 0 Å². The highest BCUT2D eigenvalue weighted by molar-refractivity contribution is 5.02. The molecule has 0 spiro atoms. The summed E-state index contributed by atoms with van der Waals surface area (Å²) in [7, 11) is 0. The van der Waals surface area contributed by atoms with E-state index in [0.29, 0.717) is 5.56 Å². The zero-order valence-electron chi connectivity index (χ0n) is 9.29. The van der Waals surface area contributed by atoms with E-state index in [4.69, 9.17) is 9.84 Å². The van der Waals surface area contributed by atoms with Gasteiger partial charge >= 0.3 is 5.69 Å². The molecule has 0 bridgehead atoms. The Balaban J connectivity index is 2.34. The molecular formula is C10H14N2O5. The maximum absolute atomic E-state index is 11.6. The molecule has 1 aliphatic rings. The lowest BCUT2D eigenvalue weighted by atomic mass is 10.2. The van der Waals surface area contributed by atoms with Crippen LogP contribution in [0.4, 0.5) is 0 Å².